The van der Waals surface area contributed by atoms with Crippen LogP contribution in [-0.2, 0) is 84.4 Å². The van der Waals surface area contributed by atoms with Crippen LogP contribution in [0.4, 0.5) is 9.59 Å². The fraction of sp³-hybridized carbons (Fsp3) is 0.733. The Morgan fingerprint density at radius 3 is 1.30 bits per heavy atom. The third-order valence-corrected chi connectivity index (χ3v) is 25.9. The Morgan fingerprint density at radius 2 is 0.914 bits per heavy atom. The van der Waals surface area contributed by atoms with Gasteiger partial charge in [-0.05, 0) is 172 Å². The van der Waals surface area contributed by atoms with Gasteiger partial charge in [0.25, 0.3) is 0 Å². The van der Waals surface area contributed by atoms with Gasteiger partial charge in [-0.1, -0.05) is 55.4 Å². The number of carbonyl (C=O) groups is 7. The SMILES string of the molecule is CC[C@H]1OC(=O)[C@H](C)C(=O)[C@H](C)[C@@H](OC2OC(C)CC(N(C)C)C2O)[C@](C)(OC)C[C@@H](C)C(=O)[C@H](C)[C@H]2N(CCCCn3cnc(-c4cccnc4)c3)C(=O)O[C@]12C.CC[C@H]1OC(=O)[C@H](C)[C@@H](O)[C@H](C)[C@@H](OC2OC(C)CC(N(C)C)C2O)[C@](C)(OC)C[C@@H](C)C(=O)[C@H](C)[C@H]2N(CCCCn3cnc(-c4cccnc4)c3)C(=O)O[C@]12C. The maximum Gasteiger partial charge on any atom is 0.410 e. The molecule has 6 fully saturated rings. The lowest BCUT2D eigenvalue weighted by molar-refractivity contribution is -0.301. The number of unbranched alkanes of at least 4 members (excludes halogenated alkanes) is 2. The Bertz CT molecular complexity index is 3930. The topological polar surface area (TPSA) is 347 Å². The summed E-state index contributed by atoms with van der Waals surface area (Å²) in [6, 6.07) is 5.54. The number of nitrogens with zero attached hydrogens (tertiary/aromatic N) is 10. The number of Topliss-reactive ketones (excluding diaryl/α,β-unsaturated/α-hetero) is 3. The first kappa shape index (κ1) is 92.6. The van der Waals surface area contributed by atoms with E-state index in [4.69, 9.17) is 47.4 Å². The number of hydrogen-bond donors (Lipinski definition) is 3. The van der Waals surface area contributed by atoms with Crippen molar-refractivity contribution >= 4 is 41.5 Å². The van der Waals surface area contributed by atoms with E-state index in [1.165, 1.54) is 21.1 Å². The summed E-state index contributed by atoms with van der Waals surface area (Å²) in [6.07, 6.45) is 8.00. The number of ketones is 3. The second-order valence-electron chi connectivity index (χ2n) is 34.9. The number of aryl methyl sites for hydroxylation is 2. The van der Waals surface area contributed by atoms with Gasteiger partial charge in [0, 0.05) is 136 Å². The van der Waals surface area contributed by atoms with Gasteiger partial charge in [-0.3, -0.25) is 33.9 Å². The fourth-order valence-corrected chi connectivity index (χ4v) is 19.0. The van der Waals surface area contributed by atoms with E-state index in [2.05, 4.69) is 19.9 Å². The van der Waals surface area contributed by atoms with Crippen LogP contribution in [-0.4, -0.2) is 275 Å². The van der Waals surface area contributed by atoms with Crippen LogP contribution < -0.4 is 0 Å². The van der Waals surface area contributed by atoms with Crippen molar-refractivity contribution in [3.05, 3.63) is 74.1 Å². The molecule has 4 aromatic heterocycles. The standard InChI is InChI=1S/C43H67N5O10.C43H65N5O10/c2*1-12-33-43(8)37(48(41(53)58-43)19-14-13-18-47-23-31(45-24-47)30-16-15-17-44-22-30)27(4)34(49)25(2)21-42(7,54-11)38(28(5)35(50)29(6)39(52)56-33)57-40-36(51)32(46(9)10)20-26(3)55-40/h15-17,22-29,32-33,35-38,40,50-51H,12-14,18-21H2,1-11H3;15-17,22-29,32-33,36-38,40,51H,12-14,18-21H2,1-11H3/t25-,26?,27+,28+,29-,32?,33-,35+,36?,37-,38-,40?,42-,43-;25-,26?,27+,28+,29-,32?,33-,36?,37-,38-,40?,42-,43-/m11/s1. The first-order valence-corrected chi connectivity index (χ1v) is 41.7. The molecule has 30 heteroatoms. The average Bonchev–Trinajstić information content (AvgIpc) is 1.59. The average molecular weight is 1630 g/mol. The van der Waals surface area contributed by atoms with Crippen LogP contribution in [0.15, 0.2) is 74.1 Å². The highest BCUT2D eigenvalue weighted by molar-refractivity contribution is 6.00. The summed E-state index contributed by atoms with van der Waals surface area (Å²) in [6.45, 7) is 30.2. The number of hydrogen-bond acceptors (Lipinski definition) is 26. The van der Waals surface area contributed by atoms with Crippen LogP contribution in [0.25, 0.3) is 22.5 Å². The van der Waals surface area contributed by atoms with Gasteiger partial charge in [0.1, 0.15) is 41.9 Å². The van der Waals surface area contributed by atoms with Gasteiger partial charge in [-0.2, -0.15) is 0 Å². The maximum absolute atomic E-state index is 14.7. The smallest absolute Gasteiger partial charge is 0.410 e. The molecular weight excluding hydrogens is 1490 g/mol. The lowest BCUT2D eigenvalue weighted by atomic mass is 9.73. The number of imidazole rings is 2. The van der Waals surface area contributed by atoms with E-state index in [1.807, 2.05) is 139 Å². The van der Waals surface area contributed by atoms with Crippen LogP contribution in [0.1, 0.15) is 175 Å². The van der Waals surface area contributed by atoms with Gasteiger partial charge in [0.2, 0.25) is 0 Å². The minimum absolute atomic E-state index is 0.127. The largest absolute Gasteiger partial charge is 0.458 e. The molecule has 6 aliphatic rings. The Balaban J connectivity index is 0.000000265. The minimum atomic E-state index is -1.40. The molecule has 116 heavy (non-hydrogen) atoms. The molecule has 0 spiro atoms. The maximum atomic E-state index is 14.7. The van der Waals surface area contributed by atoms with E-state index in [9.17, 15) is 48.9 Å². The summed E-state index contributed by atoms with van der Waals surface area (Å²) in [5.41, 5.74) is -1.78. The molecule has 0 radical (unpaired) electrons. The predicted molar refractivity (Wildman–Crippen MR) is 430 cm³/mol. The third kappa shape index (κ3) is 20.3. The molecular formula is C86H132N10O20. The highest BCUT2D eigenvalue weighted by atomic mass is 16.7. The Hall–Kier alpha value is -7.23. The quantitative estimate of drug-likeness (QED) is 0.0285. The monoisotopic (exact) mass is 1620 g/mol. The molecule has 0 bridgehead atoms. The number of fused-ring (bicyclic) bond motifs is 2. The molecule has 10 rings (SSSR count). The van der Waals surface area contributed by atoms with Crippen molar-refractivity contribution in [1.82, 2.24) is 48.7 Å². The second-order valence-corrected chi connectivity index (χ2v) is 34.9. The van der Waals surface area contributed by atoms with Crippen molar-refractivity contribution in [2.24, 2.45) is 47.3 Å². The molecule has 10 heterocycles. The highest BCUT2D eigenvalue weighted by Gasteiger charge is 2.63. The molecule has 30 nitrogen and oxygen atoms in total. The van der Waals surface area contributed by atoms with E-state index in [1.54, 1.807) is 95.7 Å². The molecule has 2 amide bonds. The molecule has 646 valence electrons. The van der Waals surface area contributed by atoms with Gasteiger partial charge in [-0.15, -0.1) is 0 Å². The highest BCUT2D eigenvalue weighted by Crippen LogP contribution is 2.47. The van der Waals surface area contributed by atoms with Crippen molar-refractivity contribution in [3.8, 4) is 22.5 Å². The Kier molecular flexibility index (Phi) is 31.4. The number of ether oxygens (including phenoxy) is 10. The zero-order valence-electron chi connectivity index (χ0n) is 72.4. The predicted octanol–water partition coefficient (Wildman–Crippen LogP) is 9.65. The molecule has 0 saturated carbocycles. The van der Waals surface area contributed by atoms with E-state index in [0.717, 1.165) is 28.9 Å². The zero-order valence-corrected chi connectivity index (χ0v) is 72.4. The summed E-state index contributed by atoms with van der Waals surface area (Å²) in [7, 11) is 10.5. The number of cyclic esters (lactones) is 2. The van der Waals surface area contributed by atoms with Crippen LogP contribution in [0.5, 0.6) is 0 Å². The third-order valence-electron chi connectivity index (χ3n) is 25.9. The second kappa shape index (κ2) is 39.3. The fourth-order valence-electron chi connectivity index (χ4n) is 19.0. The summed E-state index contributed by atoms with van der Waals surface area (Å²) in [5, 5.41) is 34.8. The number of methoxy groups -OCH3 is 2. The number of carbonyl (C=O) groups excluding carboxylic acids is 7. The summed E-state index contributed by atoms with van der Waals surface area (Å²) >= 11 is 0. The van der Waals surface area contributed by atoms with E-state index >= 15 is 0 Å². The Morgan fingerprint density at radius 1 is 0.517 bits per heavy atom. The number of aromatic nitrogens is 6. The van der Waals surface area contributed by atoms with Crippen molar-refractivity contribution < 1.29 is 96.2 Å². The van der Waals surface area contributed by atoms with Crippen molar-refractivity contribution in [3.63, 3.8) is 0 Å². The number of rotatable bonds is 22. The molecule has 3 N–H and O–H groups in total. The van der Waals surface area contributed by atoms with Gasteiger partial charge in [0.05, 0.1) is 83.8 Å². The summed E-state index contributed by atoms with van der Waals surface area (Å²) < 4.78 is 66.6. The minimum Gasteiger partial charge on any atom is -0.458 e. The molecule has 0 aromatic carbocycles. The van der Waals surface area contributed by atoms with E-state index < -0.39 is 167 Å². The lowest BCUT2D eigenvalue weighted by Gasteiger charge is -2.48. The van der Waals surface area contributed by atoms with Crippen LogP contribution >= 0.6 is 0 Å². The number of amides is 2. The summed E-state index contributed by atoms with van der Waals surface area (Å²) in [5.74, 6) is -8.88. The Labute approximate surface area is 685 Å². The van der Waals surface area contributed by atoms with Gasteiger partial charge in [0.15, 0.2) is 29.6 Å². The van der Waals surface area contributed by atoms with Gasteiger partial charge < -0.3 is 91.4 Å². The van der Waals surface area contributed by atoms with Crippen molar-refractivity contribution in [2.45, 2.75) is 302 Å². The molecule has 27 atom stereocenters. The lowest BCUT2D eigenvalue weighted by Crippen LogP contribution is -2.60. The van der Waals surface area contributed by atoms with E-state index in [0.29, 0.717) is 64.7 Å². The number of likely N-dealkylation sites (N-methyl/N-ethyl adjacent to an activating group) is 2. The van der Waals surface area contributed by atoms with Gasteiger partial charge >= 0.3 is 24.1 Å². The van der Waals surface area contributed by atoms with Crippen LogP contribution in [0.3, 0.4) is 0 Å². The first-order valence-electron chi connectivity index (χ1n) is 41.7. The van der Waals surface area contributed by atoms with Crippen LogP contribution in [0, 0.1) is 47.3 Å². The van der Waals surface area contributed by atoms with Crippen LogP contribution in [0.2, 0.25) is 0 Å². The molecule has 4 aromatic rings. The number of aliphatic hydroxyl groups excluding tert-OH is 3. The molecule has 8 unspecified atom stereocenters. The normalized spacial score (nSPS) is 37.3. The van der Waals surface area contributed by atoms with Crippen molar-refractivity contribution in [2.75, 3.05) is 55.5 Å². The first-order chi connectivity index (χ1) is 54.7. The van der Waals surface area contributed by atoms with E-state index in [-0.39, 0.29) is 55.1 Å². The zero-order chi connectivity index (χ0) is 85.4. The molecule has 0 aliphatic carbocycles. The molecule has 6 aliphatic heterocycles. The number of pyridine rings is 2. The number of aliphatic hydroxyl groups is 3. The summed E-state index contributed by atoms with van der Waals surface area (Å²) in [4.78, 5) is 124. The molecule has 6 saturated heterocycles. The van der Waals surface area contributed by atoms with Gasteiger partial charge in [-0.25, -0.2) is 19.6 Å². The van der Waals surface area contributed by atoms with Crippen molar-refractivity contribution in [1.29, 1.82) is 0 Å². The number of esters is 2.